The van der Waals surface area contributed by atoms with Crippen molar-refractivity contribution in [2.75, 3.05) is 13.1 Å². The van der Waals surface area contributed by atoms with Gasteiger partial charge in [0.2, 0.25) is 0 Å². The quantitative estimate of drug-likeness (QED) is 0.617. The van der Waals surface area contributed by atoms with Crippen LogP contribution in [0.15, 0.2) is 18.2 Å². The first-order valence-electron chi connectivity index (χ1n) is 5.53. The van der Waals surface area contributed by atoms with Crippen LogP contribution in [0, 0.1) is 15.9 Å². The van der Waals surface area contributed by atoms with Gasteiger partial charge in [0.15, 0.2) is 0 Å². The molecule has 0 saturated carbocycles. The highest BCUT2D eigenvalue weighted by Crippen LogP contribution is 2.20. The van der Waals surface area contributed by atoms with Crippen LogP contribution < -0.4 is 10.6 Å². The number of benzene rings is 1. The minimum Gasteiger partial charge on any atom is -0.348 e. The van der Waals surface area contributed by atoms with E-state index in [1.807, 2.05) is 0 Å². The molecular formula is C11H12FN3O3. The van der Waals surface area contributed by atoms with Crippen LogP contribution in [0.4, 0.5) is 10.1 Å². The summed E-state index contributed by atoms with van der Waals surface area (Å²) < 4.78 is 12.9. The number of nitrogens with one attached hydrogen (secondary N) is 2. The van der Waals surface area contributed by atoms with Crippen LogP contribution in [0.3, 0.4) is 0 Å². The number of carbonyl (C=O) groups excluding carboxylic acids is 1. The third-order valence-electron chi connectivity index (χ3n) is 2.80. The highest BCUT2D eigenvalue weighted by Gasteiger charge is 2.24. The summed E-state index contributed by atoms with van der Waals surface area (Å²) in [5, 5.41) is 16.5. The van der Waals surface area contributed by atoms with Gasteiger partial charge in [-0.2, -0.15) is 0 Å². The second-order valence-electron chi connectivity index (χ2n) is 4.08. The third-order valence-corrected chi connectivity index (χ3v) is 2.80. The number of rotatable bonds is 3. The van der Waals surface area contributed by atoms with Gasteiger partial charge in [0.1, 0.15) is 11.4 Å². The Balaban J connectivity index is 2.20. The molecule has 0 radical (unpaired) electrons. The molecule has 1 heterocycles. The number of carbonyl (C=O) groups is 1. The molecule has 0 aromatic heterocycles. The van der Waals surface area contributed by atoms with Crippen molar-refractivity contribution < 1.29 is 14.1 Å². The van der Waals surface area contributed by atoms with Crippen molar-refractivity contribution in [3.8, 4) is 0 Å². The summed E-state index contributed by atoms with van der Waals surface area (Å²) in [5.41, 5.74) is -0.633. The highest BCUT2D eigenvalue weighted by atomic mass is 19.1. The lowest BCUT2D eigenvalue weighted by atomic mass is 10.1. The van der Waals surface area contributed by atoms with Crippen LogP contribution in [0.1, 0.15) is 16.8 Å². The second-order valence-corrected chi connectivity index (χ2v) is 4.08. The fourth-order valence-corrected chi connectivity index (χ4v) is 1.89. The van der Waals surface area contributed by atoms with Crippen molar-refractivity contribution in [2.24, 2.45) is 0 Å². The monoisotopic (exact) mass is 253 g/mol. The number of amides is 1. The molecule has 1 saturated heterocycles. The molecule has 6 nitrogen and oxygen atoms in total. The van der Waals surface area contributed by atoms with Crippen LogP contribution in [0.25, 0.3) is 0 Å². The lowest BCUT2D eigenvalue weighted by Crippen LogP contribution is -2.36. The van der Waals surface area contributed by atoms with E-state index in [-0.39, 0.29) is 11.6 Å². The van der Waals surface area contributed by atoms with Gasteiger partial charge in [0, 0.05) is 12.6 Å². The van der Waals surface area contributed by atoms with E-state index in [9.17, 15) is 19.3 Å². The van der Waals surface area contributed by atoms with Crippen molar-refractivity contribution >= 4 is 11.6 Å². The van der Waals surface area contributed by atoms with Crippen molar-refractivity contribution in [1.29, 1.82) is 0 Å². The molecule has 1 amide bonds. The number of hydrogen-bond donors (Lipinski definition) is 2. The average Bonchev–Trinajstić information content (AvgIpc) is 2.81. The summed E-state index contributed by atoms with van der Waals surface area (Å²) >= 11 is 0. The van der Waals surface area contributed by atoms with Gasteiger partial charge in [0.05, 0.1) is 11.0 Å². The Hall–Kier alpha value is -2.02. The van der Waals surface area contributed by atoms with E-state index in [1.54, 1.807) is 0 Å². The Labute approximate surface area is 102 Å². The lowest BCUT2D eigenvalue weighted by molar-refractivity contribution is -0.385. The number of nitro groups is 1. The molecule has 0 aliphatic carbocycles. The molecule has 1 aliphatic rings. The standard InChI is InChI=1S/C11H12FN3O3/c12-7-1-2-9(10(5-7)15(17)18)11(16)14-8-3-4-13-6-8/h1-2,5,8,13H,3-4,6H2,(H,14,16)/t8-/m1/s1. The van der Waals surface area contributed by atoms with Gasteiger partial charge in [-0.25, -0.2) is 4.39 Å². The SMILES string of the molecule is O=C(N[C@@H]1CCNC1)c1ccc(F)cc1[N+](=O)[O-]. The van der Waals surface area contributed by atoms with Crippen LogP contribution in [-0.4, -0.2) is 30.0 Å². The average molecular weight is 253 g/mol. The number of hydrogen-bond acceptors (Lipinski definition) is 4. The zero-order chi connectivity index (χ0) is 13.1. The predicted molar refractivity (Wildman–Crippen MR) is 61.8 cm³/mol. The van der Waals surface area contributed by atoms with Crippen molar-refractivity contribution in [3.05, 3.63) is 39.7 Å². The summed E-state index contributed by atoms with van der Waals surface area (Å²) in [4.78, 5) is 21.9. The molecule has 0 bridgehead atoms. The molecule has 0 spiro atoms. The summed E-state index contributed by atoms with van der Waals surface area (Å²) in [6.45, 7) is 1.44. The first kappa shape index (κ1) is 12.4. The van der Waals surface area contributed by atoms with E-state index in [0.29, 0.717) is 6.54 Å². The lowest BCUT2D eigenvalue weighted by Gasteiger charge is -2.11. The zero-order valence-electron chi connectivity index (χ0n) is 9.48. The van der Waals surface area contributed by atoms with Crippen molar-refractivity contribution in [2.45, 2.75) is 12.5 Å². The Morgan fingerprint density at radius 2 is 2.33 bits per heavy atom. The summed E-state index contributed by atoms with van der Waals surface area (Å²) in [7, 11) is 0. The zero-order valence-corrected chi connectivity index (χ0v) is 9.48. The van der Waals surface area contributed by atoms with Gasteiger partial charge in [0.25, 0.3) is 11.6 Å². The van der Waals surface area contributed by atoms with Crippen LogP contribution in [0.5, 0.6) is 0 Å². The topological polar surface area (TPSA) is 84.3 Å². The molecule has 7 heteroatoms. The van der Waals surface area contributed by atoms with Gasteiger partial charge >= 0.3 is 0 Å². The van der Waals surface area contributed by atoms with E-state index < -0.39 is 22.3 Å². The van der Waals surface area contributed by atoms with E-state index in [2.05, 4.69) is 10.6 Å². The summed E-state index contributed by atoms with van der Waals surface area (Å²) in [6, 6.07) is 2.88. The fourth-order valence-electron chi connectivity index (χ4n) is 1.89. The predicted octanol–water partition coefficient (Wildman–Crippen LogP) is 0.826. The fraction of sp³-hybridized carbons (Fsp3) is 0.364. The van der Waals surface area contributed by atoms with Crippen molar-refractivity contribution in [3.63, 3.8) is 0 Å². The minimum atomic E-state index is -0.759. The maximum Gasteiger partial charge on any atom is 0.285 e. The van der Waals surface area contributed by atoms with Crippen LogP contribution >= 0.6 is 0 Å². The Morgan fingerprint density at radius 1 is 1.56 bits per heavy atom. The third kappa shape index (κ3) is 2.62. The van der Waals surface area contributed by atoms with Crippen molar-refractivity contribution in [1.82, 2.24) is 10.6 Å². The van der Waals surface area contributed by atoms with Gasteiger partial charge in [-0.05, 0) is 25.1 Å². The van der Waals surface area contributed by atoms with Gasteiger partial charge < -0.3 is 10.6 Å². The largest absolute Gasteiger partial charge is 0.348 e. The van der Waals surface area contributed by atoms with E-state index in [0.717, 1.165) is 31.2 Å². The van der Waals surface area contributed by atoms with Gasteiger partial charge in [-0.3, -0.25) is 14.9 Å². The van der Waals surface area contributed by atoms with E-state index >= 15 is 0 Å². The normalized spacial score (nSPS) is 18.6. The van der Waals surface area contributed by atoms with E-state index in [1.165, 1.54) is 0 Å². The summed E-state index contributed by atoms with van der Waals surface area (Å²) in [5.74, 6) is -1.28. The Morgan fingerprint density at radius 3 is 2.94 bits per heavy atom. The van der Waals surface area contributed by atoms with Crippen LogP contribution in [0.2, 0.25) is 0 Å². The molecule has 1 aromatic carbocycles. The molecule has 1 aromatic rings. The Kier molecular flexibility index (Phi) is 3.52. The first-order valence-corrected chi connectivity index (χ1v) is 5.53. The summed E-state index contributed by atoms with van der Waals surface area (Å²) in [6.07, 6.45) is 0.779. The molecule has 96 valence electrons. The minimum absolute atomic E-state index is 0.0397. The molecule has 2 rings (SSSR count). The molecule has 2 N–H and O–H groups in total. The maximum atomic E-state index is 12.9. The first-order chi connectivity index (χ1) is 8.58. The number of nitro benzene ring substituents is 1. The number of nitrogens with zero attached hydrogens (tertiary/aromatic N) is 1. The smallest absolute Gasteiger partial charge is 0.285 e. The molecule has 18 heavy (non-hydrogen) atoms. The van der Waals surface area contributed by atoms with Gasteiger partial charge in [-0.15, -0.1) is 0 Å². The molecular weight excluding hydrogens is 241 g/mol. The van der Waals surface area contributed by atoms with E-state index in [4.69, 9.17) is 0 Å². The van der Waals surface area contributed by atoms with Crippen LogP contribution in [-0.2, 0) is 0 Å². The molecule has 1 fully saturated rings. The molecule has 1 aliphatic heterocycles. The molecule has 1 atom stereocenters. The van der Waals surface area contributed by atoms with Gasteiger partial charge in [-0.1, -0.05) is 0 Å². The second kappa shape index (κ2) is 5.09. The Bertz CT molecular complexity index is 486. The highest BCUT2D eigenvalue weighted by molar-refractivity contribution is 5.98. The maximum absolute atomic E-state index is 12.9. The number of halogens is 1. The molecule has 0 unspecified atom stereocenters.